The van der Waals surface area contributed by atoms with Gasteiger partial charge in [-0.15, -0.1) is 35.3 Å². The van der Waals surface area contributed by atoms with Crippen LogP contribution in [0.2, 0.25) is 0 Å². The van der Waals surface area contributed by atoms with Crippen molar-refractivity contribution in [3.05, 3.63) is 88.2 Å². The Balaban J connectivity index is 1.43. The Morgan fingerprint density at radius 3 is 2.38 bits per heavy atom. The molecule has 1 aliphatic heterocycles. The van der Waals surface area contributed by atoms with Crippen LogP contribution in [0.1, 0.15) is 29.2 Å². The predicted molar refractivity (Wildman–Crippen MR) is 137 cm³/mol. The Morgan fingerprint density at radius 2 is 1.66 bits per heavy atom. The standard InChI is InChI=1S/C24H26OS4/c25-23(14-13-20-9-3-1-4-10-20)27-16-7-15-26-22(21-11-5-2-6-12-21)19-24-28-17-8-18-29-24/h1-6,9-14,19,22H,7-8,15-18H2/b14-13+. The molecule has 0 spiro atoms. The van der Waals surface area contributed by atoms with E-state index in [0.29, 0.717) is 5.25 Å². The van der Waals surface area contributed by atoms with E-state index in [9.17, 15) is 4.79 Å². The van der Waals surface area contributed by atoms with Crippen LogP contribution < -0.4 is 0 Å². The van der Waals surface area contributed by atoms with Crippen LogP contribution in [0.5, 0.6) is 0 Å². The predicted octanol–water partition coefficient (Wildman–Crippen LogP) is 7.54. The lowest BCUT2D eigenvalue weighted by atomic mass is 10.1. The Kier molecular flexibility index (Phi) is 10.4. The maximum absolute atomic E-state index is 12.1. The van der Waals surface area contributed by atoms with Crippen LogP contribution in [-0.2, 0) is 4.79 Å². The summed E-state index contributed by atoms with van der Waals surface area (Å²) in [5, 5.41) is 0.526. The number of thioether (sulfide) groups is 4. The average Bonchev–Trinajstić information content (AvgIpc) is 2.78. The van der Waals surface area contributed by atoms with Crippen LogP contribution in [0.15, 0.2) is 77.1 Å². The maximum atomic E-state index is 12.1. The van der Waals surface area contributed by atoms with E-state index in [-0.39, 0.29) is 5.12 Å². The molecule has 1 aliphatic rings. The molecule has 152 valence electrons. The highest BCUT2D eigenvalue weighted by molar-refractivity contribution is 8.22. The summed E-state index contributed by atoms with van der Waals surface area (Å²) < 4.78 is 1.47. The molecule has 0 bridgehead atoms. The van der Waals surface area contributed by atoms with Crippen molar-refractivity contribution in [3.8, 4) is 0 Å². The van der Waals surface area contributed by atoms with Gasteiger partial charge in [-0.1, -0.05) is 78.5 Å². The highest BCUT2D eigenvalue weighted by Crippen LogP contribution is 2.40. The lowest BCUT2D eigenvalue weighted by Crippen LogP contribution is -1.97. The topological polar surface area (TPSA) is 17.1 Å². The third-order valence-electron chi connectivity index (χ3n) is 4.23. The second kappa shape index (κ2) is 13.3. The van der Waals surface area contributed by atoms with Crippen LogP contribution in [0, 0.1) is 0 Å². The molecule has 5 heteroatoms. The number of carbonyl (C=O) groups is 1. The van der Waals surface area contributed by atoms with E-state index in [2.05, 4.69) is 36.4 Å². The van der Waals surface area contributed by atoms with Crippen molar-refractivity contribution in [2.45, 2.75) is 18.1 Å². The molecule has 1 atom stereocenters. The molecule has 2 aromatic carbocycles. The molecule has 1 saturated heterocycles. The monoisotopic (exact) mass is 458 g/mol. The minimum Gasteiger partial charge on any atom is -0.282 e. The van der Waals surface area contributed by atoms with Crippen molar-refractivity contribution < 1.29 is 4.79 Å². The van der Waals surface area contributed by atoms with E-state index in [1.54, 1.807) is 6.08 Å². The maximum Gasteiger partial charge on any atom is 0.212 e. The van der Waals surface area contributed by atoms with Crippen LogP contribution in [0.4, 0.5) is 0 Å². The van der Waals surface area contributed by atoms with Crippen molar-refractivity contribution in [1.29, 1.82) is 0 Å². The van der Waals surface area contributed by atoms with Gasteiger partial charge in [-0.2, -0.15) is 0 Å². The molecule has 0 saturated carbocycles. The molecule has 1 heterocycles. The zero-order valence-corrected chi connectivity index (χ0v) is 19.6. The van der Waals surface area contributed by atoms with Gasteiger partial charge in [0.05, 0.1) is 0 Å². The van der Waals surface area contributed by atoms with Gasteiger partial charge in [0.1, 0.15) is 0 Å². The molecule has 1 unspecified atom stereocenters. The molecule has 2 aromatic rings. The quantitative estimate of drug-likeness (QED) is 0.284. The van der Waals surface area contributed by atoms with Crippen LogP contribution in [0.25, 0.3) is 6.08 Å². The Hall–Kier alpha value is -1.01. The summed E-state index contributed by atoms with van der Waals surface area (Å²) in [6, 6.07) is 20.7. The lowest BCUT2D eigenvalue weighted by Gasteiger charge is -2.18. The number of carbonyl (C=O) groups excluding carboxylic acids is 1. The highest BCUT2D eigenvalue weighted by Gasteiger charge is 2.13. The highest BCUT2D eigenvalue weighted by atomic mass is 32.2. The van der Waals surface area contributed by atoms with Crippen molar-refractivity contribution in [1.82, 2.24) is 0 Å². The van der Waals surface area contributed by atoms with E-state index in [1.807, 2.05) is 71.7 Å². The molecular formula is C24H26OS4. The molecule has 3 rings (SSSR count). The van der Waals surface area contributed by atoms with Gasteiger partial charge in [0.25, 0.3) is 0 Å². The molecule has 0 aromatic heterocycles. The van der Waals surface area contributed by atoms with Crippen molar-refractivity contribution in [3.63, 3.8) is 0 Å². The van der Waals surface area contributed by atoms with Gasteiger partial charge in [-0.05, 0) is 53.4 Å². The fraction of sp³-hybridized carbons (Fsp3) is 0.292. The van der Waals surface area contributed by atoms with Gasteiger partial charge >= 0.3 is 0 Å². The first kappa shape index (κ1) is 22.7. The Labute approximate surface area is 191 Å². The second-order valence-electron chi connectivity index (χ2n) is 6.50. The first-order chi connectivity index (χ1) is 14.3. The van der Waals surface area contributed by atoms with E-state index in [1.165, 1.54) is 39.5 Å². The third-order valence-corrected chi connectivity index (χ3v) is 8.97. The van der Waals surface area contributed by atoms with Gasteiger partial charge in [0.2, 0.25) is 5.12 Å². The summed E-state index contributed by atoms with van der Waals surface area (Å²) in [7, 11) is 0. The van der Waals surface area contributed by atoms with Gasteiger partial charge < -0.3 is 0 Å². The molecule has 0 aliphatic carbocycles. The van der Waals surface area contributed by atoms with E-state index >= 15 is 0 Å². The van der Waals surface area contributed by atoms with Gasteiger partial charge in [-0.25, -0.2) is 0 Å². The first-order valence-corrected chi connectivity index (χ1v) is 13.9. The molecule has 0 N–H and O–H groups in total. The molecule has 0 amide bonds. The number of hydrogen-bond donors (Lipinski definition) is 0. The lowest BCUT2D eigenvalue weighted by molar-refractivity contribution is -0.106. The summed E-state index contributed by atoms with van der Waals surface area (Å²) in [4.78, 5) is 12.1. The van der Waals surface area contributed by atoms with E-state index in [0.717, 1.165) is 23.5 Å². The fourth-order valence-electron chi connectivity index (χ4n) is 2.77. The summed E-state index contributed by atoms with van der Waals surface area (Å²) in [6.07, 6.45) is 8.35. The fourth-order valence-corrected chi connectivity index (χ4v) is 7.38. The summed E-state index contributed by atoms with van der Waals surface area (Å²) >= 11 is 7.38. The van der Waals surface area contributed by atoms with Crippen molar-refractivity contribution >= 4 is 58.2 Å². The smallest absolute Gasteiger partial charge is 0.212 e. The number of benzene rings is 2. The second-order valence-corrected chi connectivity index (χ2v) is 11.4. The average molecular weight is 459 g/mol. The molecular weight excluding hydrogens is 433 g/mol. The minimum atomic E-state index is 0.135. The largest absolute Gasteiger partial charge is 0.282 e. The van der Waals surface area contributed by atoms with E-state index in [4.69, 9.17) is 0 Å². The minimum absolute atomic E-state index is 0.135. The van der Waals surface area contributed by atoms with Crippen molar-refractivity contribution in [2.24, 2.45) is 0 Å². The number of rotatable bonds is 9. The molecule has 0 radical (unpaired) electrons. The van der Waals surface area contributed by atoms with E-state index < -0.39 is 0 Å². The Bertz CT molecular complexity index is 794. The SMILES string of the molecule is O=C(/C=C/c1ccccc1)SCCCSC(C=C1SCCCS1)c1ccccc1. The van der Waals surface area contributed by atoms with Crippen LogP contribution in [-0.4, -0.2) is 28.1 Å². The zero-order chi connectivity index (χ0) is 20.2. The summed E-state index contributed by atoms with van der Waals surface area (Å²) in [5.41, 5.74) is 2.43. The van der Waals surface area contributed by atoms with Gasteiger partial charge in [0.15, 0.2) is 0 Å². The normalized spacial score (nSPS) is 15.4. The zero-order valence-electron chi connectivity index (χ0n) is 16.4. The molecule has 29 heavy (non-hydrogen) atoms. The van der Waals surface area contributed by atoms with Gasteiger partial charge in [-0.3, -0.25) is 4.79 Å². The Morgan fingerprint density at radius 1 is 0.966 bits per heavy atom. The first-order valence-electron chi connectivity index (χ1n) is 9.85. The summed E-state index contributed by atoms with van der Waals surface area (Å²) in [5.74, 6) is 4.40. The van der Waals surface area contributed by atoms with Crippen LogP contribution >= 0.6 is 47.0 Å². The molecule has 1 nitrogen and oxygen atoms in total. The number of hydrogen-bond acceptors (Lipinski definition) is 5. The van der Waals surface area contributed by atoms with Gasteiger partial charge in [0, 0.05) is 15.2 Å². The third kappa shape index (κ3) is 8.71. The van der Waals surface area contributed by atoms with Crippen molar-refractivity contribution in [2.75, 3.05) is 23.0 Å². The van der Waals surface area contributed by atoms with Crippen LogP contribution in [0.3, 0.4) is 0 Å². The molecule has 1 fully saturated rings. The summed E-state index contributed by atoms with van der Waals surface area (Å²) in [6.45, 7) is 0.